The van der Waals surface area contributed by atoms with Crippen LogP contribution < -0.4 is 5.14 Å². The van der Waals surface area contributed by atoms with E-state index in [1.807, 2.05) is 6.92 Å². The van der Waals surface area contributed by atoms with Crippen molar-refractivity contribution >= 4 is 21.8 Å². The van der Waals surface area contributed by atoms with E-state index in [1.54, 1.807) is 24.3 Å². The predicted octanol–water partition coefficient (Wildman–Crippen LogP) is 2.46. The Balaban J connectivity index is 2.19. The van der Waals surface area contributed by atoms with Gasteiger partial charge in [-0.25, -0.2) is 22.7 Å². The summed E-state index contributed by atoms with van der Waals surface area (Å²) in [6.07, 6.45) is -0.355. The number of nitrogens with two attached hydrogens (primary N) is 1. The summed E-state index contributed by atoms with van der Waals surface area (Å²) in [5.41, 5.74) is 0.784. The zero-order valence-electron chi connectivity index (χ0n) is 14.2. The predicted molar refractivity (Wildman–Crippen MR) is 92.8 cm³/mol. The van der Waals surface area contributed by atoms with Crippen LogP contribution in [0.5, 0.6) is 0 Å². The molecule has 138 valence electrons. The number of benzene rings is 2. The van der Waals surface area contributed by atoms with Gasteiger partial charge in [0, 0.05) is 5.56 Å². The van der Waals surface area contributed by atoms with E-state index in [2.05, 4.69) is 0 Å². The smallest absolute Gasteiger partial charge is 0.341 e. The number of primary sulfonamides is 1. The summed E-state index contributed by atoms with van der Waals surface area (Å²) < 4.78 is 41.5. The summed E-state index contributed by atoms with van der Waals surface area (Å²) in [7, 11) is -4.11. The SMILES string of the molecule is CCc1ccc(C(=O)C(C)OC(=O)c2cc(S(N)(=O)=O)ccc2F)cc1. The molecule has 0 aromatic heterocycles. The Morgan fingerprint density at radius 1 is 1.15 bits per heavy atom. The monoisotopic (exact) mass is 379 g/mol. The van der Waals surface area contributed by atoms with E-state index in [-0.39, 0.29) is 0 Å². The van der Waals surface area contributed by atoms with Crippen LogP contribution >= 0.6 is 0 Å². The van der Waals surface area contributed by atoms with E-state index in [4.69, 9.17) is 9.88 Å². The molecular formula is C18H18FNO5S. The third-order valence-electron chi connectivity index (χ3n) is 3.79. The lowest BCUT2D eigenvalue weighted by atomic mass is 10.0. The molecule has 1 unspecified atom stereocenters. The number of sulfonamides is 1. The Kier molecular flexibility index (Phi) is 5.89. The Morgan fingerprint density at radius 2 is 1.77 bits per heavy atom. The van der Waals surface area contributed by atoms with Crippen molar-refractivity contribution in [1.29, 1.82) is 0 Å². The Bertz CT molecular complexity index is 939. The second-order valence-electron chi connectivity index (χ2n) is 5.65. The van der Waals surface area contributed by atoms with Gasteiger partial charge in [0.15, 0.2) is 6.10 Å². The van der Waals surface area contributed by atoms with Crippen molar-refractivity contribution < 1.29 is 27.1 Å². The van der Waals surface area contributed by atoms with Crippen molar-refractivity contribution in [3.63, 3.8) is 0 Å². The van der Waals surface area contributed by atoms with E-state index in [1.165, 1.54) is 6.92 Å². The first-order valence-electron chi connectivity index (χ1n) is 7.80. The highest BCUT2D eigenvalue weighted by molar-refractivity contribution is 7.89. The molecule has 2 N–H and O–H groups in total. The van der Waals surface area contributed by atoms with Crippen molar-refractivity contribution in [2.24, 2.45) is 5.14 Å². The zero-order valence-corrected chi connectivity index (χ0v) is 15.0. The minimum Gasteiger partial charge on any atom is -0.451 e. The van der Waals surface area contributed by atoms with E-state index in [0.717, 1.165) is 30.2 Å². The Morgan fingerprint density at radius 3 is 2.31 bits per heavy atom. The molecule has 0 amide bonds. The number of Topliss-reactive ketones (excluding diaryl/α,β-unsaturated/α-hetero) is 1. The van der Waals surface area contributed by atoms with Gasteiger partial charge in [-0.05, 0) is 37.1 Å². The molecule has 0 saturated carbocycles. The van der Waals surface area contributed by atoms with E-state index >= 15 is 0 Å². The van der Waals surface area contributed by atoms with Crippen molar-refractivity contribution in [2.75, 3.05) is 0 Å². The zero-order chi connectivity index (χ0) is 19.5. The summed E-state index contributed by atoms with van der Waals surface area (Å²) >= 11 is 0. The number of aryl methyl sites for hydroxylation is 1. The van der Waals surface area contributed by atoms with Gasteiger partial charge in [-0.3, -0.25) is 4.79 Å². The molecule has 0 aliphatic rings. The van der Waals surface area contributed by atoms with Crippen LogP contribution in [0.25, 0.3) is 0 Å². The van der Waals surface area contributed by atoms with Gasteiger partial charge in [-0.1, -0.05) is 31.2 Å². The molecule has 0 spiro atoms. The highest BCUT2D eigenvalue weighted by Gasteiger charge is 2.23. The quantitative estimate of drug-likeness (QED) is 0.613. The lowest BCUT2D eigenvalue weighted by Crippen LogP contribution is -2.25. The number of hydrogen-bond donors (Lipinski definition) is 1. The molecule has 0 bridgehead atoms. The number of rotatable bonds is 6. The number of halogens is 1. The highest BCUT2D eigenvalue weighted by Crippen LogP contribution is 2.17. The van der Waals surface area contributed by atoms with E-state index in [9.17, 15) is 22.4 Å². The molecule has 2 aromatic carbocycles. The van der Waals surface area contributed by atoms with Gasteiger partial charge in [-0.15, -0.1) is 0 Å². The molecule has 0 saturated heterocycles. The molecule has 26 heavy (non-hydrogen) atoms. The summed E-state index contributed by atoms with van der Waals surface area (Å²) in [6, 6.07) is 9.33. The standard InChI is InChI=1S/C18H18FNO5S/c1-3-12-4-6-13(7-5-12)17(21)11(2)25-18(22)15-10-14(26(20,23)24)8-9-16(15)19/h4-11H,3H2,1-2H3,(H2,20,23,24). The number of hydrogen-bond acceptors (Lipinski definition) is 5. The van der Waals surface area contributed by atoms with Gasteiger partial charge < -0.3 is 4.74 Å². The second kappa shape index (κ2) is 7.76. The number of ketones is 1. The molecule has 0 radical (unpaired) electrons. The molecule has 0 heterocycles. The maximum atomic E-state index is 13.8. The van der Waals surface area contributed by atoms with Crippen LogP contribution in [0.2, 0.25) is 0 Å². The minimum atomic E-state index is -4.11. The molecule has 0 fully saturated rings. The minimum absolute atomic E-state index is 0.348. The maximum absolute atomic E-state index is 13.8. The van der Waals surface area contributed by atoms with Gasteiger partial charge in [0.2, 0.25) is 15.8 Å². The summed E-state index contributed by atoms with van der Waals surface area (Å²) in [6.45, 7) is 3.33. The first-order valence-corrected chi connectivity index (χ1v) is 9.34. The van der Waals surface area contributed by atoms with Crippen LogP contribution in [-0.2, 0) is 21.2 Å². The molecule has 8 heteroatoms. The lowest BCUT2D eigenvalue weighted by Gasteiger charge is -2.13. The molecule has 6 nitrogen and oxygen atoms in total. The summed E-state index contributed by atoms with van der Waals surface area (Å²) in [4.78, 5) is 24.0. The van der Waals surface area contributed by atoms with Gasteiger partial charge in [-0.2, -0.15) is 0 Å². The van der Waals surface area contributed by atoms with Gasteiger partial charge in [0.25, 0.3) is 0 Å². The molecule has 0 aliphatic heterocycles. The molecule has 2 aromatic rings. The van der Waals surface area contributed by atoms with Gasteiger partial charge in [0.05, 0.1) is 10.5 Å². The van der Waals surface area contributed by atoms with Crippen molar-refractivity contribution in [1.82, 2.24) is 0 Å². The third kappa shape index (κ3) is 4.53. The van der Waals surface area contributed by atoms with Crippen molar-refractivity contribution in [3.8, 4) is 0 Å². The topological polar surface area (TPSA) is 104 Å². The Labute approximate surface area is 150 Å². The van der Waals surface area contributed by atoms with Crippen LogP contribution in [0.4, 0.5) is 4.39 Å². The van der Waals surface area contributed by atoms with Crippen LogP contribution in [0.1, 0.15) is 40.1 Å². The van der Waals surface area contributed by atoms with E-state index in [0.29, 0.717) is 5.56 Å². The average molecular weight is 379 g/mol. The van der Waals surface area contributed by atoms with Gasteiger partial charge in [0.1, 0.15) is 5.82 Å². The summed E-state index contributed by atoms with van der Waals surface area (Å²) in [5.74, 6) is -2.59. The fourth-order valence-corrected chi connectivity index (χ4v) is 2.79. The summed E-state index contributed by atoms with van der Waals surface area (Å²) in [5, 5.41) is 4.97. The van der Waals surface area contributed by atoms with Crippen LogP contribution in [0.15, 0.2) is 47.4 Å². The third-order valence-corrected chi connectivity index (χ3v) is 4.70. The molecule has 0 aliphatic carbocycles. The molecular weight excluding hydrogens is 361 g/mol. The first kappa shape index (κ1) is 19.7. The fraction of sp³-hybridized carbons (Fsp3) is 0.222. The van der Waals surface area contributed by atoms with Gasteiger partial charge >= 0.3 is 5.97 Å². The maximum Gasteiger partial charge on any atom is 0.341 e. The van der Waals surface area contributed by atoms with Crippen molar-refractivity contribution in [3.05, 3.63) is 65.0 Å². The number of carbonyl (C=O) groups is 2. The largest absolute Gasteiger partial charge is 0.451 e. The van der Waals surface area contributed by atoms with Crippen LogP contribution in [0.3, 0.4) is 0 Å². The highest BCUT2D eigenvalue weighted by atomic mass is 32.2. The lowest BCUT2D eigenvalue weighted by molar-refractivity contribution is 0.0314. The fourth-order valence-electron chi connectivity index (χ4n) is 2.25. The second-order valence-corrected chi connectivity index (χ2v) is 7.21. The average Bonchev–Trinajstić information content (AvgIpc) is 2.60. The number of carbonyl (C=O) groups excluding carboxylic acids is 2. The Hall–Kier alpha value is -2.58. The normalized spacial score (nSPS) is 12.5. The van der Waals surface area contributed by atoms with Crippen molar-refractivity contribution in [2.45, 2.75) is 31.3 Å². The molecule has 1 atom stereocenters. The first-order chi connectivity index (χ1) is 12.1. The number of ether oxygens (including phenoxy) is 1. The number of esters is 1. The molecule has 2 rings (SSSR count). The van der Waals surface area contributed by atoms with E-state index < -0.39 is 44.2 Å². The van der Waals surface area contributed by atoms with Crippen LogP contribution in [0, 0.1) is 5.82 Å². The van der Waals surface area contributed by atoms with Crippen LogP contribution in [-0.4, -0.2) is 26.3 Å².